The van der Waals surface area contributed by atoms with Gasteiger partial charge >= 0.3 is 0 Å². The van der Waals surface area contributed by atoms with E-state index in [1.807, 2.05) is 6.92 Å². The molecule has 98 valence electrons. The van der Waals surface area contributed by atoms with Crippen LogP contribution in [0.15, 0.2) is 0 Å². The van der Waals surface area contributed by atoms with Crippen molar-refractivity contribution in [3.05, 3.63) is 0 Å². The highest BCUT2D eigenvalue weighted by molar-refractivity contribution is 5.12. The molecule has 0 heterocycles. The number of hydrogen-bond acceptors (Lipinski definition) is 2. The van der Waals surface area contributed by atoms with Gasteiger partial charge in [0.2, 0.25) is 0 Å². The summed E-state index contributed by atoms with van der Waals surface area (Å²) in [5.74, 6) is 0.421. The molecule has 1 atom stereocenters. The number of aliphatic hydroxyl groups is 1. The van der Waals surface area contributed by atoms with Crippen molar-refractivity contribution in [1.29, 1.82) is 5.26 Å². The topological polar surface area (TPSA) is 44.0 Å². The Hall–Kier alpha value is -0.550. The molecule has 0 bridgehead atoms. The van der Waals surface area contributed by atoms with Gasteiger partial charge in [0, 0.05) is 0 Å². The van der Waals surface area contributed by atoms with Gasteiger partial charge in [-0.1, -0.05) is 27.7 Å². The van der Waals surface area contributed by atoms with Crippen molar-refractivity contribution in [2.45, 2.75) is 72.3 Å². The van der Waals surface area contributed by atoms with E-state index < -0.39 is 11.0 Å². The van der Waals surface area contributed by atoms with Crippen LogP contribution in [0, 0.1) is 28.1 Å². The van der Waals surface area contributed by atoms with Crippen molar-refractivity contribution in [3.63, 3.8) is 0 Å². The predicted molar refractivity (Wildman–Crippen MR) is 70.4 cm³/mol. The number of nitrogens with zero attached hydrogens (tertiary/aromatic N) is 1. The van der Waals surface area contributed by atoms with Crippen molar-refractivity contribution in [3.8, 4) is 6.07 Å². The molecule has 1 unspecified atom stereocenters. The molecule has 1 N–H and O–H groups in total. The molecule has 2 heteroatoms. The van der Waals surface area contributed by atoms with Gasteiger partial charge in [-0.2, -0.15) is 5.26 Å². The Morgan fingerprint density at radius 2 is 1.71 bits per heavy atom. The van der Waals surface area contributed by atoms with E-state index in [2.05, 4.69) is 33.8 Å². The molecule has 0 saturated heterocycles. The lowest BCUT2D eigenvalue weighted by atomic mass is 9.58. The molecule has 1 saturated carbocycles. The summed E-state index contributed by atoms with van der Waals surface area (Å²) in [5, 5.41) is 20.3. The van der Waals surface area contributed by atoms with Crippen molar-refractivity contribution in [2.75, 3.05) is 0 Å². The number of hydrogen-bond donors (Lipinski definition) is 1. The van der Waals surface area contributed by atoms with E-state index >= 15 is 0 Å². The fourth-order valence-electron chi connectivity index (χ4n) is 3.11. The number of rotatable bonds is 3. The second-order valence-electron chi connectivity index (χ2n) is 7.23. The lowest BCUT2D eigenvalue weighted by Gasteiger charge is -2.47. The van der Waals surface area contributed by atoms with E-state index in [0.29, 0.717) is 17.8 Å². The van der Waals surface area contributed by atoms with Gasteiger partial charge in [0.25, 0.3) is 0 Å². The van der Waals surface area contributed by atoms with Crippen LogP contribution >= 0.6 is 0 Å². The fourth-order valence-corrected chi connectivity index (χ4v) is 3.11. The lowest BCUT2D eigenvalue weighted by molar-refractivity contribution is -0.0838. The van der Waals surface area contributed by atoms with E-state index in [4.69, 9.17) is 0 Å². The Balaban J connectivity index is 2.88. The Kier molecular flexibility index (Phi) is 3.94. The normalized spacial score (nSPS) is 26.2. The van der Waals surface area contributed by atoms with Crippen LogP contribution in [0.2, 0.25) is 0 Å². The molecule has 0 aromatic carbocycles. The molecule has 1 aliphatic rings. The average molecular weight is 237 g/mol. The Bertz CT molecular complexity index is 299. The fraction of sp³-hybridized carbons (Fsp3) is 0.933. The second kappa shape index (κ2) is 4.61. The minimum Gasteiger partial charge on any atom is -0.389 e. The molecule has 1 rings (SSSR count). The van der Waals surface area contributed by atoms with Crippen LogP contribution in [0.4, 0.5) is 0 Å². The van der Waals surface area contributed by atoms with E-state index in [1.54, 1.807) is 0 Å². The van der Waals surface area contributed by atoms with E-state index in [0.717, 1.165) is 25.7 Å². The van der Waals surface area contributed by atoms with Crippen LogP contribution < -0.4 is 0 Å². The molecule has 2 nitrogen and oxygen atoms in total. The summed E-state index contributed by atoms with van der Waals surface area (Å²) in [7, 11) is 0. The maximum absolute atomic E-state index is 10.7. The molecule has 0 amide bonds. The Morgan fingerprint density at radius 1 is 1.24 bits per heavy atom. The summed E-state index contributed by atoms with van der Waals surface area (Å²) >= 11 is 0. The molecule has 1 aliphatic carbocycles. The van der Waals surface area contributed by atoms with Crippen LogP contribution in [0.3, 0.4) is 0 Å². The Labute approximate surface area is 106 Å². The molecule has 1 fully saturated rings. The predicted octanol–water partition coefficient (Wildman–Crippen LogP) is 3.89. The van der Waals surface area contributed by atoms with Gasteiger partial charge in [0.05, 0.1) is 17.1 Å². The quantitative estimate of drug-likeness (QED) is 0.809. The molecule has 0 aromatic rings. The van der Waals surface area contributed by atoms with Gasteiger partial charge in [-0.25, -0.2) is 0 Å². The maximum atomic E-state index is 10.7. The first-order valence-electron chi connectivity index (χ1n) is 6.78. The first kappa shape index (κ1) is 14.5. The maximum Gasteiger partial charge on any atom is 0.0858 e. The second-order valence-corrected chi connectivity index (χ2v) is 7.23. The summed E-state index contributed by atoms with van der Waals surface area (Å²) in [5.41, 5.74) is -1.06. The van der Waals surface area contributed by atoms with Crippen LogP contribution in [0.1, 0.15) is 66.7 Å². The highest BCUT2D eigenvalue weighted by atomic mass is 16.3. The van der Waals surface area contributed by atoms with Gasteiger partial charge in [-0.15, -0.1) is 0 Å². The van der Waals surface area contributed by atoms with Crippen LogP contribution in [-0.4, -0.2) is 10.7 Å². The monoisotopic (exact) mass is 237 g/mol. The minimum absolute atomic E-state index is 0.328. The summed E-state index contributed by atoms with van der Waals surface area (Å²) < 4.78 is 0. The SMILES string of the molecule is CC(C)CC(C)(O)C1(C#N)CCC(C)(C)CC1. The average Bonchev–Trinajstić information content (AvgIpc) is 2.16. The van der Waals surface area contributed by atoms with Crippen LogP contribution in [0.25, 0.3) is 0 Å². The standard InChI is InChI=1S/C15H27NO/c1-12(2)10-14(5,17)15(11-16)8-6-13(3,4)7-9-15/h12,17H,6-10H2,1-5H3. The minimum atomic E-state index is -0.855. The molecule has 0 aromatic heterocycles. The van der Waals surface area contributed by atoms with Crippen LogP contribution in [0.5, 0.6) is 0 Å². The smallest absolute Gasteiger partial charge is 0.0858 e. The largest absolute Gasteiger partial charge is 0.389 e. The summed E-state index contributed by atoms with van der Waals surface area (Å²) in [4.78, 5) is 0. The van der Waals surface area contributed by atoms with Crippen molar-refractivity contribution < 1.29 is 5.11 Å². The third-order valence-electron chi connectivity index (χ3n) is 4.51. The van der Waals surface area contributed by atoms with Crippen molar-refractivity contribution >= 4 is 0 Å². The van der Waals surface area contributed by atoms with Gasteiger partial charge in [-0.05, 0) is 50.4 Å². The third-order valence-corrected chi connectivity index (χ3v) is 4.51. The lowest BCUT2D eigenvalue weighted by Crippen LogP contribution is -2.49. The zero-order chi connectivity index (χ0) is 13.3. The molecular weight excluding hydrogens is 210 g/mol. The van der Waals surface area contributed by atoms with Gasteiger partial charge in [-0.3, -0.25) is 0 Å². The molecular formula is C15H27NO. The van der Waals surface area contributed by atoms with Crippen molar-refractivity contribution in [2.24, 2.45) is 16.7 Å². The zero-order valence-electron chi connectivity index (χ0n) is 12.0. The first-order valence-corrected chi connectivity index (χ1v) is 6.78. The number of nitriles is 1. The highest BCUT2D eigenvalue weighted by Gasteiger charge is 2.50. The van der Waals surface area contributed by atoms with Gasteiger partial charge in [0.15, 0.2) is 0 Å². The van der Waals surface area contributed by atoms with E-state index in [1.165, 1.54) is 0 Å². The molecule has 0 spiro atoms. The van der Waals surface area contributed by atoms with Crippen LogP contribution in [-0.2, 0) is 0 Å². The van der Waals surface area contributed by atoms with Crippen molar-refractivity contribution in [1.82, 2.24) is 0 Å². The molecule has 0 radical (unpaired) electrons. The summed E-state index contributed by atoms with van der Waals surface area (Å²) in [6.07, 6.45) is 4.44. The Morgan fingerprint density at radius 3 is 2.06 bits per heavy atom. The highest BCUT2D eigenvalue weighted by Crippen LogP contribution is 2.51. The first-order chi connectivity index (χ1) is 7.64. The summed E-state index contributed by atoms with van der Waals surface area (Å²) in [6, 6.07) is 2.45. The summed E-state index contributed by atoms with van der Waals surface area (Å²) in [6.45, 7) is 10.6. The molecule has 0 aliphatic heterocycles. The van der Waals surface area contributed by atoms with E-state index in [9.17, 15) is 10.4 Å². The van der Waals surface area contributed by atoms with E-state index in [-0.39, 0.29) is 0 Å². The third kappa shape index (κ3) is 3.01. The van der Waals surface area contributed by atoms with Gasteiger partial charge < -0.3 is 5.11 Å². The van der Waals surface area contributed by atoms with Gasteiger partial charge in [0.1, 0.15) is 0 Å². The zero-order valence-corrected chi connectivity index (χ0v) is 12.0. The molecule has 17 heavy (non-hydrogen) atoms.